The molecule has 0 fully saturated rings. The van der Waals surface area contributed by atoms with Gasteiger partial charge in [-0.2, -0.15) is 11.8 Å². The number of halogens is 1. The van der Waals surface area contributed by atoms with Gasteiger partial charge in [-0.25, -0.2) is 12.8 Å². The van der Waals surface area contributed by atoms with E-state index in [1.54, 1.807) is 55.5 Å². The number of carbonyl (C=O) groups is 1. The fourth-order valence-electron chi connectivity index (χ4n) is 3.09. The highest BCUT2D eigenvalue weighted by Gasteiger charge is 2.19. The van der Waals surface area contributed by atoms with E-state index < -0.39 is 10.0 Å². The van der Waals surface area contributed by atoms with Crippen LogP contribution in [-0.4, -0.2) is 26.6 Å². The summed E-state index contributed by atoms with van der Waals surface area (Å²) in [4.78, 5) is 12.6. The molecule has 0 aliphatic carbocycles. The zero-order valence-electron chi connectivity index (χ0n) is 17.9. The van der Waals surface area contributed by atoms with E-state index >= 15 is 0 Å². The van der Waals surface area contributed by atoms with Gasteiger partial charge in [-0.3, -0.25) is 9.52 Å². The third kappa shape index (κ3) is 6.34. The van der Waals surface area contributed by atoms with Crippen LogP contribution in [0.4, 0.5) is 10.1 Å². The number of hydrogen-bond acceptors (Lipinski definition) is 4. The minimum absolute atomic E-state index is 0.0561. The summed E-state index contributed by atoms with van der Waals surface area (Å²) in [5.74, 6) is 0.520. The second-order valence-corrected chi connectivity index (χ2v) is 10.1. The van der Waals surface area contributed by atoms with Crippen molar-refractivity contribution in [3.05, 3.63) is 94.8 Å². The lowest BCUT2D eigenvalue weighted by Crippen LogP contribution is -2.26. The molecule has 3 rings (SSSR count). The number of amides is 1. The summed E-state index contributed by atoms with van der Waals surface area (Å²) in [5.41, 5.74) is 2.83. The van der Waals surface area contributed by atoms with Crippen molar-refractivity contribution < 1.29 is 17.6 Å². The zero-order chi connectivity index (χ0) is 23.1. The lowest BCUT2D eigenvalue weighted by atomic mass is 10.1. The van der Waals surface area contributed by atoms with E-state index in [0.29, 0.717) is 34.9 Å². The summed E-state index contributed by atoms with van der Waals surface area (Å²) >= 11 is 1.51. The van der Waals surface area contributed by atoms with E-state index in [2.05, 4.69) is 10.0 Å². The van der Waals surface area contributed by atoms with Crippen molar-refractivity contribution in [2.24, 2.45) is 0 Å². The Morgan fingerprint density at radius 1 is 1.00 bits per heavy atom. The summed E-state index contributed by atoms with van der Waals surface area (Å²) in [6, 6.07) is 18.3. The van der Waals surface area contributed by atoms with E-state index in [4.69, 9.17) is 0 Å². The number of anilines is 1. The molecule has 2 N–H and O–H groups in total. The average Bonchev–Trinajstić information content (AvgIpc) is 2.74. The van der Waals surface area contributed by atoms with E-state index in [1.165, 1.54) is 23.9 Å². The van der Waals surface area contributed by atoms with Crippen LogP contribution < -0.4 is 10.0 Å². The van der Waals surface area contributed by atoms with E-state index in [9.17, 15) is 17.6 Å². The van der Waals surface area contributed by atoms with Gasteiger partial charge in [0, 0.05) is 29.3 Å². The molecule has 0 spiro atoms. The fourth-order valence-corrected chi connectivity index (χ4v) is 5.25. The van der Waals surface area contributed by atoms with Gasteiger partial charge in [0.2, 0.25) is 0 Å². The Hall–Kier alpha value is -2.84. The van der Waals surface area contributed by atoms with Crippen LogP contribution >= 0.6 is 11.8 Å². The first-order chi connectivity index (χ1) is 15.3. The molecule has 0 saturated carbocycles. The largest absolute Gasteiger partial charge is 0.351 e. The molecule has 1 amide bonds. The highest BCUT2D eigenvalue weighted by atomic mass is 32.2. The van der Waals surface area contributed by atoms with E-state index in [-0.39, 0.29) is 22.2 Å². The summed E-state index contributed by atoms with van der Waals surface area (Å²) in [6.45, 7) is 3.95. The number of rotatable bonds is 9. The van der Waals surface area contributed by atoms with Gasteiger partial charge < -0.3 is 5.32 Å². The molecule has 3 aromatic carbocycles. The molecule has 0 aliphatic rings. The van der Waals surface area contributed by atoms with Crippen molar-refractivity contribution in [2.75, 3.05) is 17.0 Å². The van der Waals surface area contributed by atoms with Crippen LogP contribution in [0.15, 0.2) is 71.6 Å². The first-order valence-electron chi connectivity index (χ1n) is 10.1. The molecular weight excluding hydrogens is 447 g/mol. The molecule has 3 aromatic rings. The topological polar surface area (TPSA) is 75.3 Å². The molecule has 8 heteroatoms. The second-order valence-electron chi connectivity index (χ2n) is 7.36. The van der Waals surface area contributed by atoms with Crippen molar-refractivity contribution in [1.29, 1.82) is 0 Å². The van der Waals surface area contributed by atoms with Gasteiger partial charge in [0.15, 0.2) is 0 Å². The lowest BCUT2D eigenvalue weighted by molar-refractivity contribution is 0.0956. The van der Waals surface area contributed by atoms with E-state index in [0.717, 1.165) is 5.56 Å². The van der Waals surface area contributed by atoms with Crippen molar-refractivity contribution in [2.45, 2.75) is 24.5 Å². The summed E-state index contributed by atoms with van der Waals surface area (Å²) in [5, 5.41) is 2.79. The van der Waals surface area contributed by atoms with Gasteiger partial charge >= 0.3 is 0 Å². The zero-order valence-corrected chi connectivity index (χ0v) is 19.5. The first-order valence-corrected chi connectivity index (χ1v) is 12.7. The first kappa shape index (κ1) is 23.8. The van der Waals surface area contributed by atoms with Crippen molar-refractivity contribution in [1.82, 2.24) is 5.32 Å². The smallest absolute Gasteiger partial charge is 0.262 e. The Labute approximate surface area is 192 Å². The van der Waals surface area contributed by atoms with Crippen LogP contribution in [0, 0.1) is 19.7 Å². The predicted octanol–water partition coefficient (Wildman–Crippen LogP) is 4.91. The van der Waals surface area contributed by atoms with Crippen molar-refractivity contribution >= 4 is 33.4 Å². The monoisotopic (exact) mass is 472 g/mol. The Balaban J connectivity index is 1.60. The van der Waals surface area contributed by atoms with Crippen LogP contribution in [0.2, 0.25) is 0 Å². The van der Waals surface area contributed by atoms with Gasteiger partial charge in [0.1, 0.15) is 5.82 Å². The molecule has 0 aromatic heterocycles. The van der Waals surface area contributed by atoms with Gasteiger partial charge in [-0.05, 0) is 60.9 Å². The van der Waals surface area contributed by atoms with E-state index in [1.807, 2.05) is 13.0 Å². The van der Waals surface area contributed by atoms with Crippen LogP contribution in [0.25, 0.3) is 0 Å². The molecule has 168 valence electrons. The molecule has 0 radical (unpaired) electrons. The van der Waals surface area contributed by atoms with Crippen molar-refractivity contribution in [3.8, 4) is 0 Å². The molecule has 0 unspecified atom stereocenters. The third-order valence-corrected chi connectivity index (χ3v) is 7.29. The maximum Gasteiger partial charge on any atom is 0.262 e. The maximum atomic E-state index is 13.6. The Morgan fingerprint density at radius 2 is 1.78 bits per heavy atom. The van der Waals surface area contributed by atoms with Crippen LogP contribution in [-0.2, 0) is 15.8 Å². The number of thioether (sulfide) groups is 1. The number of hydrogen-bond donors (Lipinski definition) is 2. The normalized spacial score (nSPS) is 11.2. The SMILES string of the molecule is Cc1cccc(NS(=O)(=O)c2cc(C(=O)NCCSCc3ccccc3F)ccc2C)c1. The molecular formula is C24H25FN2O3S2. The Morgan fingerprint density at radius 3 is 2.53 bits per heavy atom. The van der Waals surface area contributed by atoms with Gasteiger partial charge in [0.05, 0.1) is 4.90 Å². The molecule has 0 bridgehead atoms. The summed E-state index contributed by atoms with van der Waals surface area (Å²) in [6.07, 6.45) is 0. The summed E-state index contributed by atoms with van der Waals surface area (Å²) in [7, 11) is -3.85. The highest BCUT2D eigenvalue weighted by Crippen LogP contribution is 2.21. The molecule has 0 atom stereocenters. The molecule has 0 aliphatic heterocycles. The van der Waals surface area contributed by atoms with Crippen LogP contribution in [0.3, 0.4) is 0 Å². The average molecular weight is 473 g/mol. The number of aryl methyl sites for hydroxylation is 2. The van der Waals surface area contributed by atoms with Crippen molar-refractivity contribution in [3.63, 3.8) is 0 Å². The Bertz CT molecular complexity index is 1210. The minimum atomic E-state index is -3.85. The fraction of sp³-hybridized carbons (Fsp3) is 0.208. The quantitative estimate of drug-likeness (QED) is 0.434. The number of carbonyl (C=O) groups excluding carboxylic acids is 1. The summed E-state index contributed by atoms with van der Waals surface area (Å²) < 4.78 is 42.0. The van der Waals surface area contributed by atoms with Gasteiger partial charge in [-0.1, -0.05) is 36.4 Å². The highest BCUT2D eigenvalue weighted by molar-refractivity contribution is 7.98. The predicted molar refractivity (Wildman–Crippen MR) is 128 cm³/mol. The molecule has 0 saturated heterocycles. The van der Waals surface area contributed by atoms with Gasteiger partial charge in [0.25, 0.3) is 15.9 Å². The standard InChI is InChI=1S/C24H25FN2O3S2/c1-17-6-5-8-21(14-17)27-32(29,30)23-15-19(11-10-18(23)2)24(28)26-12-13-31-16-20-7-3-4-9-22(20)25/h3-11,14-15,27H,12-13,16H2,1-2H3,(H,26,28). The third-order valence-electron chi connectivity index (χ3n) is 4.76. The number of benzene rings is 3. The van der Waals surface area contributed by atoms with Crippen LogP contribution in [0.1, 0.15) is 27.0 Å². The number of nitrogens with one attached hydrogen (secondary N) is 2. The lowest BCUT2D eigenvalue weighted by Gasteiger charge is -2.13. The minimum Gasteiger partial charge on any atom is -0.351 e. The number of sulfonamides is 1. The molecule has 32 heavy (non-hydrogen) atoms. The maximum absolute atomic E-state index is 13.6. The molecule has 5 nitrogen and oxygen atoms in total. The van der Waals surface area contributed by atoms with Crippen LogP contribution in [0.5, 0.6) is 0 Å². The second kappa shape index (κ2) is 10.7. The van der Waals surface area contributed by atoms with Gasteiger partial charge in [-0.15, -0.1) is 0 Å². The molecule has 0 heterocycles. The Kier molecular flexibility index (Phi) is 7.93.